The van der Waals surface area contributed by atoms with Crippen molar-refractivity contribution in [2.75, 3.05) is 42.2 Å². The van der Waals surface area contributed by atoms with Crippen LogP contribution in [0.3, 0.4) is 0 Å². The molecule has 4 rings (SSSR count). The molecular weight excluding hydrogens is 537 g/mol. The highest BCUT2D eigenvalue weighted by molar-refractivity contribution is 7.92. The van der Waals surface area contributed by atoms with E-state index in [-0.39, 0.29) is 12.5 Å². The number of nitrogens with zero attached hydrogens (tertiary/aromatic N) is 2. The molecule has 11 heteroatoms. The first kappa shape index (κ1) is 26.9. The van der Waals surface area contributed by atoms with E-state index in [1.165, 1.54) is 24.3 Å². The molecule has 0 aromatic heterocycles. The number of carbonyl (C=O) groups is 2. The number of ether oxygens (including phenoxy) is 1. The van der Waals surface area contributed by atoms with Gasteiger partial charge in [-0.1, -0.05) is 41.4 Å². The van der Waals surface area contributed by atoms with Crippen LogP contribution in [0.2, 0.25) is 10.0 Å². The Morgan fingerprint density at radius 1 is 0.946 bits per heavy atom. The van der Waals surface area contributed by atoms with Crippen LogP contribution in [-0.2, 0) is 21.3 Å². The van der Waals surface area contributed by atoms with Gasteiger partial charge in [0, 0.05) is 34.3 Å². The fourth-order valence-corrected chi connectivity index (χ4v) is 5.30. The van der Waals surface area contributed by atoms with Crippen molar-refractivity contribution in [2.24, 2.45) is 0 Å². The fraction of sp³-hybridized carbons (Fsp3) is 0.231. The van der Waals surface area contributed by atoms with Gasteiger partial charge in [-0.2, -0.15) is 0 Å². The summed E-state index contributed by atoms with van der Waals surface area (Å²) in [6.45, 7) is 1.84. The van der Waals surface area contributed by atoms with E-state index in [0.717, 1.165) is 10.6 Å². The lowest BCUT2D eigenvalue weighted by Gasteiger charge is -2.27. The number of hydrogen-bond acceptors (Lipinski definition) is 5. The molecule has 0 atom stereocenters. The van der Waals surface area contributed by atoms with E-state index in [1.807, 2.05) is 0 Å². The molecule has 194 valence electrons. The van der Waals surface area contributed by atoms with Crippen molar-refractivity contribution in [3.05, 3.63) is 93.5 Å². The van der Waals surface area contributed by atoms with Gasteiger partial charge in [0.15, 0.2) is 0 Å². The molecule has 0 unspecified atom stereocenters. The van der Waals surface area contributed by atoms with Crippen LogP contribution in [0.4, 0.5) is 11.4 Å². The van der Waals surface area contributed by atoms with E-state index in [2.05, 4.69) is 5.32 Å². The average Bonchev–Trinajstić information content (AvgIpc) is 2.88. The molecule has 0 bridgehead atoms. The van der Waals surface area contributed by atoms with Crippen LogP contribution in [0.15, 0.2) is 66.7 Å². The number of hydrogen-bond donors (Lipinski definition) is 1. The zero-order valence-electron chi connectivity index (χ0n) is 20.0. The van der Waals surface area contributed by atoms with Gasteiger partial charge in [-0.15, -0.1) is 0 Å². The SMILES string of the molecule is CS(=O)(=O)N(Cc1c(Cl)cccc1Cl)c1ccc(C(=O)Nc2ccccc2C(=O)N2CCOCC2)cc1. The third kappa shape index (κ3) is 6.42. The van der Waals surface area contributed by atoms with Crippen molar-refractivity contribution >= 4 is 56.4 Å². The second-order valence-electron chi connectivity index (χ2n) is 8.42. The summed E-state index contributed by atoms with van der Waals surface area (Å²) >= 11 is 12.5. The highest BCUT2D eigenvalue weighted by Gasteiger charge is 2.23. The van der Waals surface area contributed by atoms with Gasteiger partial charge in [0.05, 0.1) is 43.0 Å². The maximum atomic E-state index is 13.0. The van der Waals surface area contributed by atoms with Crippen molar-refractivity contribution in [1.82, 2.24) is 4.90 Å². The molecule has 1 fully saturated rings. The first-order valence-electron chi connectivity index (χ1n) is 11.4. The van der Waals surface area contributed by atoms with E-state index < -0.39 is 15.9 Å². The van der Waals surface area contributed by atoms with E-state index >= 15 is 0 Å². The number of sulfonamides is 1. The second-order valence-corrected chi connectivity index (χ2v) is 11.1. The summed E-state index contributed by atoms with van der Waals surface area (Å²) in [5.41, 5.74) is 1.88. The highest BCUT2D eigenvalue weighted by Crippen LogP contribution is 2.29. The topological polar surface area (TPSA) is 96.0 Å². The van der Waals surface area contributed by atoms with Crippen molar-refractivity contribution in [3.63, 3.8) is 0 Å². The normalized spacial score (nSPS) is 13.8. The summed E-state index contributed by atoms with van der Waals surface area (Å²) in [7, 11) is -3.69. The van der Waals surface area contributed by atoms with Gasteiger partial charge in [0.2, 0.25) is 10.0 Å². The number of para-hydroxylation sites is 1. The van der Waals surface area contributed by atoms with E-state index in [1.54, 1.807) is 47.4 Å². The monoisotopic (exact) mass is 561 g/mol. The molecule has 8 nitrogen and oxygen atoms in total. The highest BCUT2D eigenvalue weighted by atomic mass is 35.5. The van der Waals surface area contributed by atoms with Crippen LogP contribution < -0.4 is 9.62 Å². The van der Waals surface area contributed by atoms with Gasteiger partial charge in [-0.25, -0.2) is 8.42 Å². The van der Waals surface area contributed by atoms with Crippen molar-refractivity contribution in [2.45, 2.75) is 6.54 Å². The molecule has 1 heterocycles. The molecular formula is C26H25Cl2N3O5S. The molecule has 0 radical (unpaired) electrons. The molecule has 1 aliphatic rings. The first-order valence-corrected chi connectivity index (χ1v) is 14.0. The number of halogens is 2. The average molecular weight is 562 g/mol. The first-order chi connectivity index (χ1) is 17.6. The largest absolute Gasteiger partial charge is 0.378 e. The Labute approximate surface area is 225 Å². The Hall–Kier alpha value is -3.11. The molecule has 0 saturated carbocycles. The van der Waals surface area contributed by atoms with E-state index in [9.17, 15) is 18.0 Å². The van der Waals surface area contributed by atoms with Crippen LogP contribution in [0.25, 0.3) is 0 Å². The van der Waals surface area contributed by atoms with Crippen LogP contribution >= 0.6 is 23.2 Å². The third-order valence-corrected chi connectivity index (χ3v) is 7.73. The Morgan fingerprint density at radius 2 is 1.57 bits per heavy atom. The van der Waals surface area contributed by atoms with Gasteiger partial charge in [0.25, 0.3) is 11.8 Å². The van der Waals surface area contributed by atoms with E-state index in [4.69, 9.17) is 27.9 Å². The van der Waals surface area contributed by atoms with Crippen LogP contribution in [0.5, 0.6) is 0 Å². The van der Waals surface area contributed by atoms with Crippen molar-refractivity contribution in [1.29, 1.82) is 0 Å². The zero-order valence-corrected chi connectivity index (χ0v) is 22.3. The lowest BCUT2D eigenvalue weighted by atomic mass is 10.1. The fourth-order valence-electron chi connectivity index (χ4n) is 3.92. The zero-order chi connectivity index (χ0) is 26.6. The molecule has 37 heavy (non-hydrogen) atoms. The van der Waals surface area contributed by atoms with Crippen LogP contribution in [-0.4, -0.2) is 57.7 Å². The molecule has 0 spiro atoms. The lowest BCUT2D eigenvalue weighted by molar-refractivity contribution is 0.0303. The Morgan fingerprint density at radius 3 is 2.19 bits per heavy atom. The smallest absolute Gasteiger partial charge is 0.256 e. The third-order valence-electron chi connectivity index (χ3n) is 5.89. The minimum atomic E-state index is -3.69. The summed E-state index contributed by atoms with van der Waals surface area (Å²) in [4.78, 5) is 27.7. The van der Waals surface area contributed by atoms with Crippen molar-refractivity contribution < 1.29 is 22.7 Å². The summed E-state index contributed by atoms with van der Waals surface area (Å²) in [6, 6.07) is 17.9. The number of morpholine rings is 1. The van der Waals surface area contributed by atoms with Crippen molar-refractivity contribution in [3.8, 4) is 0 Å². The van der Waals surface area contributed by atoms with Gasteiger partial charge >= 0.3 is 0 Å². The lowest BCUT2D eigenvalue weighted by Crippen LogP contribution is -2.41. The molecule has 3 aromatic carbocycles. The number of carbonyl (C=O) groups excluding carboxylic acids is 2. The van der Waals surface area contributed by atoms with Gasteiger partial charge < -0.3 is 15.0 Å². The predicted octanol–water partition coefficient (Wildman–Crippen LogP) is 4.68. The molecule has 2 amide bonds. The number of nitrogens with one attached hydrogen (secondary N) is 1. The standard InChI is InChI=1S/C26H25Cl2N3O5S/c1-37(34,35)31(17-21-22(27)6-4-7-23(21)28)19-11-9-18(10-12-19)25(32)29-24-8-3-2-5-20(24)26(33)30-13-15-36-16-14-30/h2-12H,13-17H2,1H3,(H,29,32). The number of anilines is 2. The maximum Gasteiger partial charge on any atom is 0.256 e. The van der Waals surface area contributed by atoms with Gasteiger partial charge in [-0.05, 0) is 48.5 Å². The summed E-state index contributed by atoms with van der Waals surface area (Å²) in [5.74, 6) is -0.620. The van der Waals surface area contributed by atoms with Crippen LogP contribution in [0, 0.1) is 0 Å². The summed E-state index contributed by atoms with van der Waals surface area (Å²) < 4.78 is 31.6. The molecule has 3 aromatic rings. The van der Waals surface area contributed by atoms with Gasteiger partial charge in [-0.3, -0.25) is 13.9 Å². The maximum absolute atomic E-state index is 13.0. The molecule has 1 N–H and O–H groups in total. The Kier molecular flexibility index (Phi) is 8.39. The minimum absolute atomic E-state index is 0.0695. The Balaban J connectivity index is 1.54. The second kappa shape index (κ2) is 11.5. The summed E-state index contributed by atoms with van der Waals surface area (Å²) in [5, 5.41) is 3.50. The predicted molar refractivity (Wildman–Crippen MR) is 145 cm³/mol. The molecule has 1 saturated heterocycles. The molecule has 1 aliphatic heterocycles. The Bertz CT molecular complexity index is 1390. The summed E-state index contributed by atoms with van der Waals surface area (Å²) in [6.07, 6.45) is 1.08. The molecule has 0 aliphatic carbocycles. The number of benzene rings is 3. The quantitative estimate of drug-likeness (QED) is 0.451. The van der Waals surface area contributed by atoms with E-state index in [0.29, 0.717) is 64.4 Å². The van der Waals surface area contributed by atoms with Gasteiger partial charge in [0.1, 0.15) is 0 Å². The van der Waals surface area contributed by atoms with Crippen LogP contribution in [0.1, 0.15) is 26.3 Å². The minimum Gasteiger partial charge on any atom is -0.378 e. The number of amides is 2. The number of rotatable bonds is 7.